The Morgan fingerprint density at radius 3 is 2.38 bits per heavy atom. The van der Waals surface area contributed by atoms with E-state index >= 15 is 0 Å². The molecule has 0 amide bonds. The van der Waals surface area contributed by atoms with Gasteiger partial charge >= 0.3 is 0 Å². The number of rotatable bonds is 1. The van der Waals surface area contributed by atoms with Gasteiger partial charge in [0, 0.05) is 5.92 Å². The van der Waals surface area contributed by atoms with E-state index < -0.39 is 5.79 Å². The zero-order valence-electron chi connectivity index (χ0n) is 10.1. The summed E-state index contributed by atoms with van der Waals surface area (Å²) in [6.45, 7) is 7.06. The highest BCUT2D eigenvalue weighted by Gasteiger charge is 2.43. The van der Waals surface area contributed by atoms with Crippen LogP contribution in [0.15, 0.2) is 12.2 Å². The van der Waals surface area contributed by atoms with Crippen molar-refractivity contribution in [2.45, 2.75) is 44.8 Å². The summed E-state index contributed by atoms with van der Waals surface area (Å²) in [7, 11) is 0. The average molecular weight is 220 g/mol. The van der Waals surface area contributed by atoms with E-state index in [1.54, 1.807) is 0 Å². The SMILES string of the molecule is C=C(C)C#CC1(C2CCCCC2)OCCO1. The van der Waals surface area contributed by atoms with Gasteiger partial charge < -0.3 is 9.47 Å². The number of hydrogen-bond donors (Lipinski definition) is 0. The molecule has 1 aliphatic heterocycles. The van der Waals surface area contributed by atoms with Crippen LogP contribution in [0.2, 0.25) is 0 Å². The van der Waals surface area contributed by atoms with E-state index in [9.17, 15) is 0 Å². The number of ether oxygens (including phenoxy) is 2. The van der Waals surface area contributed by atoms with Crippen molar-refractivity contribution in [2.75, 3.05) is 13.2 Å². The highest BCUT2D eigenvalue weighted by molar-refractivity contribution is 5.27. The molecule has 0 atom stereocenters. The first kappa shape index (κ1) is 11.7. The van der Waals surface area contributed by atoms with Gasteiger partial charge in [0.2, 0.25) is 5.79 Å². The number of hydrogen-bond acceptors (Lipinski definition) is 2. The smallest absolute Gasteiger partial charge is 0.236 e. The van der Waals surface area contributed by atoms with Crippen molar-refractivity contribution in [3.63, 3.8) is 0 Å². The van der Waals surface area contributed by atoms with Gasteiger partial charge in [-0.2, -0.15) is 0 Å². The molecule has 2 aliphatic rings. The first-order valence-corrected chi connectivity index (χ1v) is 6.19. The summed E-state index contributed by atoms with van der Waals surface area (Å²) in [5.41, 5.74) is 0.870. The predicted octanol–water partition coefficient (Wildman–Crippen LogP) is 2.89. The lowest BCUT2D eigenvalue weighted by atomic mass is 9.83. The van der Waals surface area contributed by atoms with E-state index in [0.717, 1.165) is 5.57 Å². The highest BCUT2D eigenvalue weighted by atomic mass is 16.7. The third kappa shape index (κ3) is 2.48. The van der Waals surface area contributed by atoms with Crippen LogP contribution in [0.1, 0.15) is 39.0 Å². The van der Waals surface area contributed by atoms with Crippen LogP contribution in [0.25, 0.3) is 0 Å². The molecule has 0 spiro atoms. The van der Waals surface area contributed by atoms with E-state index in [4.69, 9.17) is 9.47 Å². The van der Waals surface area contributed by atoms with Gasteiger partial charge in [0.15, 0.2) is 0 Å². The molecule has 16 heavy (non-hydrogen) atoms. The zero-order valence-corrected chi connectivity index (χ0v) is 10.1. The molecule has 0 aromatic rings. The average Bonchev–Trinajstić information content (AvgIpc) is 2.78. The van der Waals surface area contributed by atoms with Gasteiger partial charge in [-0.15, -0.1) is 0 Å². The molecule has 2 heteroatoms. The van der Waals surface area contributed by atoms with Crippen molar-refractivity contribution in [1.82, 2.24) is 0 Å². The largest absolute Gasteiger partial charge is 0.337 e. The second-order valence-electron chi connectivity index (χ2n) is 4.73. The van der Waals surface area contributed by atoms with E-state index in [0.29, 0.717) is 19.1 Å². The molecule has 88 valence electrons. The van der Waals surface area contributed by atoms with Crippen molar-refractivity contribution in [2.24, 2.45) is 5.92 Å². The maximum Gasteiger partial charge on any atom is 0.236 e. The van der Waals surface area contributed by atoms with Crippen LogP contribution in [0.5, 0.6) is 0 Å². The Hall–Kier alpha value is -0.780. The lowest BCUT2D eigenvalue weighted by Gasteiger charge is -2.33. The Morgan fingerprint density at radius 1 is 1.19 bits per heavy atom. The van der Waals surface area contributed by atoms with Gasteiger partial charge in [-0.1, -0.05) is 31.8 Å². The Bertz CT molecular complexity index is 309. The molecule has 1 aliphatic carbocycles. The van der Waals surface area contributed by atoms with Gasteiger partial charge in [-0.25, -0.2) is 0 Å². The van der Waals surface area contributed by atoms with Gasteiger partial charge in [-0.3, -0.25) is 0 Å². The summed E-state index contributed by atoms with van der Waals surface area (Å²) in [5.74, 6) is 6.02. The molecule has 2 fully saturated rings. The Kier molecular flexibility index (Phi) is 3.68. The quantitative estimate of drug-likeness (QED) is 0.633. The molecule has 0 bridgehead atoms. The minimum atomic E-state index is -0.626. The molecule has 0 aromatic carbocycles. The third-order valence-corrected chi connectivity index (χ3v) is 3.31. The normalized spacial score (nSPS) is 24.8. The minimum Gasteiger partial charge on any atom is -0.337 e. The summed E-state index contributed by atoms with van der Waals surface area (Å²) < 4.78 is 11.6. The maximum absolute atomic E-state index is 5.79. The van der Waals surface area contributed by atoms with Crippen molar-refractivity contribution in [3.8, 4) is 11.8 Å². The monoisotopic (exact) mass is 220 g/mol. The first-order chi connectivity index (χ1) is 7.73. The summed E-state index contributed by atoms with van der Waals surface area (Å²) in [5, 5.41) is 0. The van der Waals surface area contributed by atoms with Crippen molar-refractivity contribution < 1.29 is 9.47 Å². The standard InChI is InChI=1S/C14H20O2/c1-12(2)8-9-14(15-10-11-16-14)13-6-4-3-5-7-13/h13H,1,3-7,10-11H2,2H3. The second kappa shape index (κ2) is 5.03. The molecule has 1 saturated heterocycles. The fourth-order valence-corrected chi connectivity index (χ4v) is 2.51. The Balaban J connectivity index is 2.14. The highest BCUT2D eigenvalue weighted by Crippen LogP contribution is 2.37. The van der Waals surface area contributed by atoms with Crippen LogP contribution in [0.3, 0.4) is 0 Å². The fourth-order valence-electron chi connectivity index (χ4n) is 2.51. The third-order valence-electron chi connectivity index (χ3n) is 3.31. The predicted molar refractivity (Wildman–Crippen MR) is 63.8 cm³/mol. The molecule has 0 aromatic heterocycles. The van der Waals surface area contributed by atoms with Crippen LogP contribution in [-0.2, 0) is 9.47 Å². The fraction of sp³-hybridized carbons (Fsp3) is 0.714. The molecule has 2 rings (SSSR count). The lowest BCUT2D eigenvalue weighted by molar-refractivity contribution is -0.155. The molecular weight excluding hydrogens is 200 g/mol. The second-order valence-corrected chi connectivity index (χ2v) is 4.73. The zero-order chi connectivity index (χ0) is 11.4. The van der Waals surface area contributed by atoms with Crippen LogP contribution in [0, 0.1) is 17.8 Å². The van der Waals surface area contributed by atoms with Gasteiger partial charge in [0.05, 0.1) is 13.2 Å². The van der Waals surface area contributed by atoms with Crippen molar-refractivity contribution in [1.29, 1.82) is 0 Å². The van der Waals surface area contributed by atoms with Gasteiger partial charge in [0.25, 0.3) is 0 Å². The van der Waals surface area contributed by atoms with E-state index in [1.165, 1.54) is 32.1 Å². The molecule has 0 N–H and O–H groups in total. The molecular formula is C14H20O2. The van der Waals surface area contributed by atoms with Crippen LogP contribution >= 0.6 is 0 Å². The van der Waals surface area contributed by atoms with Crippen molar-refractivity contribution >= 4 is 0 Å². The summed E-state index contributed by atoms with van der Waals surface area (Å²) in [6, 6.07) is 0. The van der Waals surface area contributed by atoms with E-state index in [1.807, 2.05) is 6.92 Å². The molecule has 0 unspecified atom stereocenters. The maximum atomic E-state index is 5.79. The molecule has 0 radical (unpaired) electrons. The van der Waals surface area contributed by atoms with Crippen LogP contribution in [-0.4, -0.2) is 19.0 Å². The summed E-state index contributed by atoms with van der Waals surface area (Å²) in [4.78, 5) is 0. The van der Waals surface area contributed by atoms with E-state index in [-0.39, 0.29) is 0 Å². The van der Waals surface area contributed by atoms with Gasteiger partial charge in [0.1, 0.15) is 0 Å². The Labute approximate surface area is 98.0 Å². The first-order valence-electron chi connectivity index (χ1n) is 6.19. The molecule has 2 nitrogen and oxygen atoms in total. The van der Waals surface area contributed by atoms with Crippen LogP contribution < -0.4 is 0 Å². The van der Waals surface area contributed by atoms with E-state index in [2.05, 4.69) is 18.4 Å². The Morgan fingerprint density at radius 2 is 1.81 bits per heavy atom. The van der Waals surface area contributed by atoms with Gasteiger partial charge in [-0.05, 0) is 31.3 Å². The van der Waals surface area contributed by atoms with Crippen molar-refractivity contribution in [3.05, 3.63) is 12.2 Å². The summed E-state index contributed by atoms with van der Waals surface area (Å²) >= 11 is 0. The number of allylic oxidation sites excluding steroid dienone is 1. The minimum absolute atomic E-state index is 0.440. The van der Waals surface area contributed by atoms with Crippen LogP contribution in [0.4, 0.5) is 0 Å². The molecule has 1 saturated carbocycles. The molecule has 1 heterocycles. The summed E-state index contributed by atoms with van der Waals surface area (Å²) in [6.07, 6.45) is 6.22. The lowest BCUT2D eigenvalue weighted by Crippen LogP contribution is -2.39. The topological polar surface area (TPSA) is 18.5 Å².